The monoisotopic (exact) mass is 460 g/mol. The second-order valence-electron chi connectivity index (χ2n) is 7.91. The van der Waals surface area contributed by atoms with E-state index in [1.165, 1.54) is 16.7 Å². The first-order valence-corrected chi connectivity index (χ1v) is 12.9. The molecule has 0 bridgehead atoms. The van der Waals surface area contributed by atoms with Gasteiger partial charge in [-0.15, -0.1) is 0 Å². The number of allylic oxidation sites excluding steroid dienone is 3. The highest BCUT2D eigenvalue weighted by atomic mass is 14.9. The molecule has 0 aromatic heterocycles. The highest BCUT2D eigenvalue weighted by molar-refractivity contribution is 5.72. The quantitative estimate of drug-likeness (QED) is 0.132. The Hall–Kier alpha value is -1.54. The molecule has 8 N–H and O–H groups in total. The first-order chi connectivity index (χ1) is 16.2. The van der Waals surface area contributed by atoms with Crippen molar-refractivity contribution < 1.29 is 0 Å². The van der Waals surface area contributed by atoms with Gasteiger partial charge in [-0.2, -0.15) is 0 Å². The summed E-state index contributed by atoms with van der Waals surface area (Å²) in [5, 5.41) is 14.0. The van der Waals surface area contributed by atoms with Crippen molar-refractivity contribution in [1.82, 2.24) is 21.3 Å². The van der Waals surface area contributed by atoms with Crippen molar-refractivity contribution in [3.63, 3.8) is 0 Å². The number of benzene rings is 1. The highest BCUT2D eigenvalue weighted by Crippen LogP contribution is 2.19. The maximum Gasteiger partial charge on any atom is 0.0205 e. The van der Waals surface area contributed by atoms with E-state index in [1.54, 1.807) is 0 Å². The normalized spacial score (nSPS) is 10.9. The van der Waals surface area contributed by atoms with Gasteiger partial charge in [0.25, 0.3) is 0 Å². The van der Waals surface area contributed by atoms with Crippen molar-refractivity contribution >= 4 is 5.57 Å². The molecule has 0 amide bonds. The minimum Gasteiger partial charge on any atom is -0.330 e. The van der Waals surface area contributed by atoms with Gasteiger partial charge in [-0.25, -0.2) is 0 Å². The molecular weight excluding hydrogens is 408 g/mol. The zero-order chi connectivity index (χ0) is 24.6. The number of nitrogens with two attached hydrogens (primary N) is 2. The lowest BCUT2D eigenvalue weighted by atomic mass is 10.00. The Balaban J connectivity index is 0.00000497. The Kier molecular flexibility index (Phi) is 22.5. The van der Waals surface area contributed by atoms with E-state index in [0.29, 0.717) is 0 Å². The van der Waals surface area contributed by atoms with E-state index in [1.807, 2.05) is 26.8 Å². The number of hydrogen-bond acceptors (Lipinski definition) is 6. The standard InChI is InChI=1S/C25H46N6.C2H6/c1-3-8-22(2)25-18-23(20-30-15-6-13-28-11-4-9-26)17-24(19-25)21-31-16-7-14-29-12-5-10-27;1-2/h3,8,17-19,28-31H,2,4-7,9-16,20-21,26-27H2,1H3;1-2H3/b8-3-;. The summed E-state index contributed by atoms with van der Waals surface area (Å²) in [6.45, 7) is 19.6. The molecule has 0 radical (unpaired) electrons. The summed E-state index contributed by atoms with van der Waals surface area (Å²) in [7, 11) is 0. The molecule has 1 aromatic carbocycles. The van der Waals surface area contributed by atoms with Crippen LogP contribution in [0.15, 0.2) is 36.9 Å². The van der Waals surface area contributed by atoms with E-state index in [9.17, 15) is 0 Å². The largest absolute Gasteiger partial charge is 0.330 e. The average Bonchev–Trinajstić information content (AvgIpc) is 2.84. The van der Waals surface area contributed by atoms with Crippen molar-refractivity contribution in [2.45, 2.75) is 59.5 Å². The van der Waals surface area contributed by atoms with Gasteiger partial charge in [-0.1, -0.05) is 38.6 Å². The zero-order valence-electron chi connectivity index (χ0n) is 21.6. The maximum atomic E-state index is 5.51. The Morgan fingerprint density at radius 3 is 1.58 bits per heavy atom. The molecule has 6 heteroatoms. The maximum absolute atomic E-state index is 5.51. The van der Waals surface area contributed by atoms with Crippen molar-refractivity contribution in [1.29, 1.82) is 0 Å². The van der Waals surface area contributed by atoms with Crippen LogP contribution >= 0.6 is 0 Å². The Morgan fingerprint density at radius 1 is 0.727 bits per heavy atom. The van der Waals surface area contributed by atoms with E-state index in [4.69, 9.17) is 11.5 Å². The summed E-state index contributed by atoms with van der Waals surface area (Å²) in [6, 6.07) is 6.80. The number of rotatable bonds is 20. The molecule has 33 heavy (non-hydrogen) atoms. The smallest absolute Gasteiger partial charge is 0.0205 e. The third-order valence-electron chi connectivity index (χ3n) is 4.98. The lowest BCUT2D eigenvalue weighted by molar-refractivity contribution is 0.583. The average molecular weight is 461 g/mol. The second kappa shape index (κ2) is 23.6. The predicted octanol–water partition coefficient (Wildman–Crippen LogP) is 3.14. The van der Waals surface area contributed by atoms with Crippen LogP contribution in [-0.4, -0.2) is 52.4 Å². The van der Waals surface area contributed by atoms with Crippen LogP contribution in [0.25, 0.3) is 5.57 Å². The zero-order valence-corrected chi connectivity index (χ0v) is 21.6. The van der Waals surface area contributed by atoms with Gasteiger partial charge in [0.05, 0.1) is 0 Å². The third-order valence-corrected chi connectivity index (χ3v) is 4.98. The first kappa shape index (κ1) is 31.5. The van der Waals surface area contributed by atoms with Crippen LogP contribution in [0.1, 0.15) is 63.1 Å². The van der Waals surface area contributed by atoms with Crippen LogP contribution in [0.4, 0.5) is 0 Å². The van der Waals surface area contributed by atoms with Gasteiger partial charge in [0.15, 0.2) is 0 Å². The molecule has 0 aliphatic carbocycles. The molecule has 0 aliphatic rings. The third kappa shape index (κ3) is 17.6. The topological polar surface area (TPSA) is 100 Å². The van der Waals surface area contributed by atoms with Crippen LogP contribution in [0.3, 0.4) is 0 Å². The molecule has 190 valence electrons. The van der Waals surface area contributed by atoms with E-state index in [-0.39, 0.29) is 0 Å². The van der Waals surface area contributed by atoms with Gasteiger partial charge in [-0.3, -0.25) is 0 Å². The molecule has 1 rings (SSSR count). The summed E-state index contributed by atoms with van der Waals surface area (Å²) in [5.41, 5.74) is 15.9. The molecule has 0 fully saturated rings. The highest BCUT2D eigenvalue weighted by Gasteiger charge is 2.04. The fourth-order valence-corrected chi connectivity index (χ4v) is 3.30. The lowest BCUT2D eigenvalue weighted by Crippen LogP contribution is -2.24. The van der Waals surface area contributed by atoms with Crippen molar-refractivity contribution in [3.05, 3.63) is 53.6 Å². The van der Waals surface area contributed by atoms with Crippen LogP contribution in [-0.2, 0) is 13.1 Å². The molecule has 1 aromatic rings. The van der Waals surface area contributed by atoms with Gasteiger partial charge in [0.2, 0.25) is 0 Å². The Labute approximate surface area is 204 Å². The van der Waals surface area contributed by atoms with E-state index < -0.39 is 0 Å². The molecule has 0 heterocycles. The second-order valence-corrected chi connectivity index (χ2v) is 7.91. The molecule has 6 nitrogen and oxygen atoms in total. The fraction of sp³-hybridized carbons (Fsp3) is 0.630. The molecule has 0 aliphatic heterocycles. The van der Waals surface area contributed by atoms with Gasteiger partial charge in [0.1, 0.15) is 0 Å². The summed E-state index contributed by atoms with van der Waals surface area (Å²) >= 11 is 0. The van der Waals surface area contributed by atoms with E-state index in [2.05, 4.69) is 52.1 Å². The SMILES string of the molecule is C=C(/C=C\C)c1cc(CNCCCNCCCN)cc(CNCCCNCCCN)c1.CC. The molecule has 0 saturated heterocycles. The molecule has 0 atom stereocenters. The van der Waals surface area contributed by atoms with Crippen molar-refractivity contribution in [2.24, 2.45) is 11.5 Å². The molecule has 0 unspecified atom stereocenters. The summed E-state index contributed by atoms with van der Waals surface area (Å²) in [5.74, 6) is 0. The van der Waals surface area contributed by atoms with Crippen molar-refractivity contribution in [2.75, 3.05) is 52.4 Å². The summed E-state index contributed by atoms with van der Waals surface area (Å²) in [4.78, 5) is 0. The van der Waals surface area contributed by atoms with E-state index >= 15 is 0 Å². The molecule has 0 spiro atoms. The van der Waals surface area contributed by atoms with Gasteiger partial charge in [0, 0.05) is 13.1 Å². The lowest BCUT2D eigenvalue weighted by Gasteiger charge is -2.12. The van der Waals surface area contributed by atoms with E-state index in [0.717, 1.165) is 96.7 Å². The first-order valence-electron chi connectivity index (χ1n) is 12.9. The predicted molar refractivity (Wildman–Crippen MR) is 147 cm³/mol. The van der Waals surface area contributed by atoms with Crippen LogP contribution in [0.5, 0.6) is 0 Å². The number of nitrogens with one attached hydrogen (secondary N) is 4. The molecule has 0 saturated carbocycles. The Morgan fingerprint density at radius 2 is 1.15 bits per heavy atom. The van der Waals surface area contributed by atoms with Crippen LogP contribution in [0, 0.1) is 0 Å². The molecular formula is C27H52N6. The fourth-order valence-electron chi connectivity index (χ4n) is 3.30. The van der Waals surface area contributed by atoms with Crippen LogP contribution in [0.2, 0.25) is 0 Å². The minimum absolute atomic E-state index is 0.753. The minimum atomic E-state index is 0.753. The summed E-state index contributed by atoms with van der Waals surface area (Å²) in [6.07, 6.45) is 8.42. The number of hydrogen-bond donors (Lipinski definition) is 6. The Bertz CT molecular complexity index is 576. The van der Waals surface area contributed by atoms with Gasteiger partial charge >= 0.3 is 0 Å². The van der Waals surface area contributed by atoms with Crippen molar-refractivity contribution in [3.8, 4) is 0 Å². The van der Waals surface area contributed by atoms with Crippen LogP contribution < -0.4 is 32.7 Å². The van der Waals surface area contributed by atoms with Gasteiger partial charge < -0.3 is 32.7 Å². The van der Waals surface area contributed by atoms with Gasteiger partial charge in [-0.05, 0) is 119 Å². The summed E-state index contributed by atoms with van der Waals surface area (Å²) < 4.78 is 0.